The first-order valence-corrected chi connectivity index (χ1v) is 6.08. The Morgan fingerprint density at radius 1 is 1.37 bits per heavy atom. The number of fused-ring (bicyclic) bond motifs is 1. The van der Waals surface area contributed by atoms with Gasteiger partial charge in [-0.15, -0.1) is 0 Å². The van der Waals surface area contributed by atoms with Crippen LogP contribution in [0.5, 0.6) is 17.2 Å². The molecule has 1 aromatic carbocycles. The summed E-state index contributed by atoms with van der Waals surface area (Å²) < 4.78 is 24.6. The van der Waals surface area contributed by atoms with Gasteiger partial charge in [0.05, 0.1) is 5.56 Å². The lowest BCUT2D eigenvalue weighted by atomic mass is 9.71. The number of phenols is 1. The Hall–Kier alpha value is -2.07. The van der Waals surface area contributed by atoms with Gasteiger partial charge in [0.2, 0.25) is 6.08 Å². The van der Waals surface area contributed by atoms with Crippen LogP contribution in [-0.4, -0.2) is 24.4 Å². The monoisotopic (exact) mass is 265 g/mol. The van der Waals surface area contributed by atoms with Gasteiger partial charge in [0.25, 0.3) is 0 Å². The minimum absolute atomic E-state index is 0.205. The topological polar surface area (TPSA) is 68.1 Å². The van der Waals surface area contributed by atoms with Crippen molar-refractivity contribution in [3.05, 3.63) is 17.4 Å². The van der Waals surface area contributed by atoms with E-state index in [0.717, 1.165) is 12.5 Å². The van der Waals surface area contributed by atoms with E-state index in [2.05, 4.69) is 4.99 Å². The van der Waals surface area contributed by atoms with Crippen molar-refractivity contribution in [2.75, 3.05) is 13.2 Å². The molecule has 0 radical (unpaired) electrons. The molecule has 100 valence electrons. The minimum Gasteiger partial charge on any atom is -0.504 e. The van der Waals surface area contributed by atoms with Crippen LogP contribution in [0, 0.1) is 5.82 Å². The van der Waals surface area contributed by atoms with Crippen molar-refractivity contribution in [2.45, 2.75) is 24.8 Å². The molecule has 0 spiro atoms. The lowest BCUT2D eigenvalue weighted by Gasteiger charge is -2.39. The molecule has 0 saturated heterocycles. The van der Waals surface area contributed by atoms with Gasteiger partial charge in [-0.1, -0.05) is 0 Å². The molecule has 5 nitrogen and oxygen atoms in total. The first-order valence-electron chi connectivity index (χ1n) is 6.08. The molecule has 1 aromatic rings. The van der Waals surface area contributed by atoms with Gasteiger partial charge in [0.15, 0.2) is 23.1 Å². The fraction of sp³-hybridized carbons (Fsp3) is 0.462. The standard InChI is InChI=1S/C13H12FNO4/c14-8-6-9-12(19-5-4-18-9)10(11(8)17)13(15-7-16)2-1-3-13/h6,17H,1-5H2. The molecule has 0 atom stereocenters. The Morgan fingerprint density at radius 3 is 2.74 bits per heavy atom. The summed E-state index contributed by atoms with van der Waals surface area (Å²) in [5, 5.41) is 9.98. The number of benzene rings is 1. The number of hydrogen-bond acceptors (Lipinski definition) is 5. The summed E-state index contributed by atoms with van der Waals surface area (Å²) in [7, 11) is 0. The molecule has 1 aliphatic heterocycles. The first kappa shape index (κ1) is 12.0. The van der Waals surface area contributed by atoms with E-state index in [1.54, 1.807) is 0 Å². The van der Waals surface area contributed by atoms with Crippen molar-refractivity contribution < 1.29 is 23.8 Å². The summed E-state index contributed by atoms with van der Waals surface area (Å²) in [4.78, 5) is 14.4. The average molecular weight is 265 g/mol. The van der Waals surface area contributed by atoms with Crippen molar-refractivity contribution >= 4 is 6.08 Å². The highest BCUT2D eigenvalue weighted by molar-refractivity contribution is 5.59. The van der Waals surface area contributed by atoms with Crippen LogP contribution in [0.3, 0.4) is 0 Å². The van der Waals surface area contributed by atoms with Crippen LogP contribution in [0.1, 0.15) is 24.8 Å². The molecule has 0 bridgehead atoms. The maximum Gasteiger partial charge on any atom is 0.235 e. The molecular weight excluding hydrogens is 253 g/mol. The Morgan fingerprint density at radius 2 is 2.11 bits per heavy atom. The SMILES string of the molecule is O=C=NC1(c2c(O)c(F)cc3c2OCCO3)CCC1. The van der Waals surface area contributed by atoms with Crippen molar-refractivity contribution in [1.29, 1.82) is 0 Å². The van der Waals surface area contributed by atoms with Gasteiger partial charge >= 0.3 is 0 Å². The van der Waals surface area contributed by atoms with Gasteiger partial charge in [-0.2, -0.15) is 4.99 Å². The Kier molecular flexibility index (Phi) is 2.68. The largest absolute Gasteiger partial charge is 0.504 e. The van der Waals surface area contributed by atoms with Crippen molar-refractivity contribution in [1.82, 2.24) is 0 Å². The Bertz CT molecular complexity index is 576. The molecule has 19 heavy (non-hydrogen) atoms. The summed E-state index contributed by atoms with van der Waals surface area (Å²) in [5.41, 5.74) is -0.726. The number of phenolic OH excluding ortho intramolecular Hbond substituents is 1. The van der Waals surface area contributed by atoms with Crippen LogP contribution in [0.25, 0.3) is 0 Å². The number of rotatable bonds is 2. The van der Waals surface area contributed by atoms with Gasteiger partial charge in [-0.3, -0.25) is 0 Å². The molecule has 1 saturated carbocycles. The Balaban J connectivity index is 2.24. The summed E-state index contributed by atoms with van der Waals surface area (Å²) in [6.07, 6.45) is 3.45. The third-order valence-electron chi connectivity index (χ3n) is 3.66. The molecule has 1 N–H and O–H groups in total. The van der Waals surface area contributed by atoms with Crippen LogP contribution in [-0.2, 0) is 10.3 Å². The quantitative estimate of drug-likeness (QED) is 0.656. The fourth-order valence-electron chi connectivity index (χ4n) is 2.59. The number of halogens is 1. The summed E-state index contributed by atoms with van der Waals surface area (Å²) in [6.45, 7) is 0.632. The summed E-state index contributed by atoms with van der Waals surface area (Å²) >= 11 is 0. The van der Waals surface area contributed by atoms with Gasteiger partial charge in [0.1, 0.15) is 18.8 Å². The number of hydrogen-bond donors (Lipinski definition) is 1. The number of ether oxygens (including phenoxy) is 2. The molecule has 1 fully saturated rings. The van der Waals surface area contributed by atoms with Crippen LogP contribution < -0.4 is 9.47 Å². The van der Waals surface area contributed by atoms with Crippen LogP contribution in [0.15, 0.2) is 11.1 Å². The highest BCUT2D eigenvalue weighted by Gasteiger charge is 2.45. The number of carbonyl (C=O) groups excluding carboxylic acids is 1. The van der Waals surface area contributed by atoms with E-state index in [0.29, 0.717) is 26.1 Å². The maximum absolute atomic E-state index is 13.8. The molecule has 1 heterocycles. The average Bonchev–Trinajstić information content (AvgIpc) is 2.36. The van der Waals surface area contributed by atoms with Gasteiger partial charge in [0, 0.05) is 6.07 Å². The number of isocyanates is 1. The predicted molar refractivity (Wildman–Crippen MR) is 62.7 cm³/mol. The second-order valence-electron chi connectivity index (χ2n) is 4.69. The lowest BCUT2D eigenvalue weighted by Crippen LogP contribution is -2.33. The molecule has 3 rings (SSSR count). The van der Waals surface area contributed by atoms with Gasteiger partial charge in [-0.25, -0.2) is 9.18 Å². The van der Waals surface area contributed by atoms with E-state index in [1.165, 1.54) is 6.08 Å². The smallest absolute Gasteiger partial charge is 0.235 e. The van der Waals surface area contributed by atoms with Crippen LogP contribution in [0.4, 0.5) is 4.39 Å². The van der Waals surface area contributed by atoms with Crippen LogP contribution in [0.2, 0.25) is 0 Å². The van der Waals surface area contributed by atoms with E-state index in [4.69, 9.17) is 9.47 Å². The second-order valence-corrected chi connectivity index (χ2v) is 4.69. The highest BCUT2D eigenvalue weighted by Crippen LogP contribution is 2.55. The minimum atomic E-state index is -0.932. The van der Waals surface area contributed by atoms with Crippen molar-refractivity contribution in [3.63, 3.8) is 0 Å². The number of nitrogens with zero attached hydrogens (tertiary/aromatic N) is 1. The third kappa shape index (κ3) is 1.68. The molecular formula is C13H12FNO4. The van der Waals surface area contributed by atoms with Crippen LogP contribution >= 0.6 is 0 Å². The lowest BCUT2D eigenvalue weighted by molar-refractivity contribution is 0.156. The van der Waals surface area contributed by atoms with E-state index >= 15 is 0 Å². The molecule has 0 amide bonds. The maximum atomic E-state index is 13.8. The Labute approximate surface area is 108 Å². The van der Waals surface area contributed by atoms with E-state index in [1.807, 2.05) is 0 Å². The molecule has 1 aliphatic carbocycles. The zero-order chi connectivity index (χ0) is 13.5. The van der Waals surface area contributed by atoms with Crippen molar-refractivity contribution in [3.8, 4) is 17.2 Å². The highest BCUT2D eigenvalue weighted by atomic mass is 19.1. The number of aliphatic imine (C=N–C) groups is 1. The fourth-order valence-corrected chi connectivity index (χ4v) is 2.59. The summed E-state index contributed by atoms with van der Waals surface area (Å²) in [6, 6.07) is 1.09. The van der Waals surface area contributed by atoms with Gasteiger partial charge < -0.3 is 14.6 Å². The first-order chi connectivity index (χ1) is 9.18. The predicted octanol–water partition coefficient (Wildman–Crippen LogP) is 2.02. The molecule has 0 unspecified atom stereocenters. The molecule has 6 heteroatoms. The summed E-state index contributed by atoms with van der Waals surface area (Å²) in [5.74, 6) is -0.803. The zero-order valence-electron chi connectivity index (χ0n) is 10.1. The van der Waals surface area contributed by atoms with E-state index in [9.17, 15) is 14.3 Å². The number of aromatic hydroxyl groups is 1. The van der Waals surface area contributed by atoms with E-state index < -0.39 is 17.1 Å². The molecule has 0 aromatic heterocycles. The third-order valence-corrected chi connectivity index (χ3v) is 3.66. The van der Waals surface area contributed by atoms with Crippen molar-refractivity contribution in [2.24, 2.45) is 4.99 Å². The van der Waals surface area contributed by atoms with E-state index in [-0.39, 0.29) is 17.1 Å². The molecule has 2 aliphatic rings. The second kappa shape index (κ2) is 4.24. The normalized spacial score (nSPS) is 19.2. The van der Waals surface area contributed by atoms with Gasteiger partial charge in [-0.05, 0) is 19.3 Å². The zero-order valence-corrected chi connectivity index (χ0v) is 10.1.